The normalized spacial score (nSPS) is 11.0. The number of aromatic nitrogens is 2. The van der Waals surface area contributed by atoms with Gasteiger partial charge in [-0.2, -0.15) is 5.10 Å². The van der Waals surface area contributed by atoms with E-state index in [-0.39, 0.29) is 5.91 Å². The van der Waals surface area contributed by atoms with E-state index in [2.05, 4.69) is 20.5 Å². The summed E-state index contributed by atoms with van der Waals surface area (Å²) in [5.74, 6) is 0.345. The first-order valence-corrected chi connectivity index (χ1v) is 6.16. The van der Waals surface area contributed by atoms with Crippen molar-refractivity contribution in [3.8, 4) is 0 Å². The molecule has 3 aromatic rings. The van der Waals surface area contributed by atoms with Crippen molar-refractivity contribution in [2.24, 2.45) is 5.10 Å². The van der Waals surface area contributed by atoms with E-state index in [0.717, 1.165) is 11.0 Å². The number of hydrogen-bond donors (Lipinski definition) is 2. The minimum atomic E-state index is -0.252. The molecule has 0 aliphatic rings. The molecule has 1 aromatic heterocycles. The molecule has 1 amide bonds. The molecule has 0 saturated heterocycles. The van der Waals surface area contributed by atoms with Gasteiger partial charge in [0, 0.05) is 5.56 Å². The number of nitrogens with one attached hydrogen (secondary N) is 2. The Hall–Kier alpha value is -2.95. The quantitative estimate of drug-likeness (QED) is 0.563. The largest absolute Gasteiger partial charge is 0.337 e. The number of H-pyrrole nitrogens is 1. The zero-order valence-corrected chi connectivity index (χ0v) is 10.6. The Balaban J connectivity index is 1.70. The van der Waals surface area contributed by atoms with Crippen molar-refractivity contribution in [3.63, 3.8) is 0 Å². The number of para-hydroxylation sites is 2. The third-order valence-corrected chi connectivity index (χ3v) is 2.80. The molecule has 5 nitrogen and oxygen atoms in total. The first-order valence-electron chi connectivity index (χ1n) is 6.16. The standard InChI is InChI=1S/C15H12N4O/c20-15(11-6-2-1-3-7-11)19-16-10-14-17-12-8-4-5-9-13(12)18-14/h1-10H,(H,17,18)(H,19,20)/b16-10-. The molecule has 0 saturated carbocycles. The highest BCUT2D eigenvalue weighted by atomic mass is 16.2. The van der Waals surface area contributed by atoms with Crippen LogP contribution in [0.15, 0.2) is 59.7 Å². The number of rotatable bonds is 3. The molecule has 0 spiro atoms. The predicted octanol–water partition coefficient (Wildman–Crippen LogP) is 2.33. The third kappa shape index (κ3) is 2.56. The molecule has 0 aliphatic carbocycles. The van der Waals surface area contributed by atoms with Crippen molar-refractivity contribution in [3.05, 3.63) is 66.0 Å². The van der Waals surface area contributed by atoms with Crippen LogP contribution in [0, 0.1) is 0 Å². The van der Waals surface area contributed by atoms with Gasteiger partial charge < -0.3 is 4.98 Å². The second-order valence-electron chi connectivity index (χ2n) is 4.20. The van der Waals surface area contributed by atoms with E-state index in [1.54, 1.807) is 24.3 Å². The number of aromatic amines is 1. The summed E-state index contributed by atoms with van der Waals surface area (Å²) < 4.78 is 0. The average Bonchev–Trinajstić information content (AvgIpc) is 2.90. The van der Waals surface area contributed by atoms with Crippen LogP contribution in [0.25, 0.3) is 11.0 Å². The van der Waals surface area contributed by atoms with E-state index in [9.17, 15) is 4.79 Å². The number of hydrogen-bond acceptors (Lipinski definition) is 3. The predicted molar refractivity (Wildman–Crippen MR) is 77.6 cm³/mol. The van der Waals surface area contributed by atoms with Crippen LogP contribution in [-0.2, 0) is 0 Å². The fraction of sp³-hybridized carbons (Fsp3) is 0. The maximum Gasteiger partial charge on any atom is 0.271 e. The van der Waals surface area contributed by atoms with Gasteiger partial charge in [-0.15, -0.1) is 0 Å². The molecule has 0 radical (unpaired) electrons. The number of amides is 1. The zero-order chi connectivity index (χ0) is 13.8. The third-order valence-electron chi connectivity index (χ3n) is 2.80. The molecule has 0 atom stereocenters. The summed E-state index contributed by atoms with van der Waals surface area (Å²) >= 11 is 0. The van der Waals surface area contributed by atoms with Gasteiger partial charge in [-0.3, -0.25) is 4.79 Å². The smallest absolute Gasteiger partial charge is 0.271 e. The number of carbonyl (C=O) groups is 1. The van der Waals surface area contributed by atoms with Crippen molar-refractivity contribution >= 4 is 23.2 Å². The summed E-state index contributed by atoms with van der Waals surface area (Å²) in [7, 11) is 0. The van der Waals surface area contributed by atoms with Crippen LogP contribution in [0.1, 0.15) is 16.2 Å². The second-order valence-corrected chi connectivity index (χ2v) is 4.20. The first-order chi connectivity index (χ1) is 9.83. The first kappa shape index (κ1) is 12.1. The minimum Gasteiger partial charge on any atom is -0.337 e. The number of hydrazone groups is 1. The molecule has 0 bridgehead atoms. The molecule has 98 valence electrons. The molecule has 5 heteroatoms. The van der Waals surface area contributed by atoms with E-state index < -0.39 is 0 Å². The molecule has 20 heavy (non-hydrogen) atoms. The summed E-state index contributed by atoms with van der Waals surface area (Å²) in [6, 6.07) is 16.6. The summed E-state index contributed by atoms with van der Waals surface area (Å²) in [4.78, 5) is 19.2. The van der Waals surface area contributed by atoms with Crippen LogP contribution in [0.3, 0.4) is 0 Å². The fourth-order valence-electron chi connectivity index (χ4n) is 1.84. The Morgan fingerprint density at radius 3 is 2.65 bits per heavy atom. The minimum absolute atomic E-state index is 0.252. The molecule has 1 heterocycles. The van der Waals surface area contributed by atoms with Gasteiger partial charge in [0.1, 0.15) is 0 Å². The van der Waals surface area contributed by atoms with Gasteiger partial charge in [-0.1, -0.05) is 30.3 Å². The number of nitrogens with zero attached hydrogens (tertiary/aromatic N) is 2. The topological polar surface area (TPSA) is 70.1 Å². The van der Waals surface area contributed by atoms with Gasteiger partial charge in [0.05, 0.1) is 17.2 Å². The van der Waals surface area contributed by atoms with E-state index in [1.165, 1.54) is 6.21 Å². The molecule has 0 aliphatic heterocycles. The maximum absolute atomic E-state index is 11.8. The number of benzene rings is 2. The SMILES string of the molecule is O=C(N/N=C\c1nc2ccccc2[nH]1)c1ccccc1. The summed E-state index contributed by atoms with van der Waals surface area (Å²) in [5.41, 5.74) is 4.82. The summed E-state index contributed by atoms with van der Waals surface area (Å²) in [6.07, 6.45) is 1.49. The highest BCUT2D eigenvalue weighted by Crippen LogP contribution is 2.08. The highest BCUT2D eigenvalue weighted by Gasteiger charge is 2.02. The van der Waals surface area contributed by atoms with Crippen molar-refractivity contribution < 1.29 is 4.79 Å². The molecule has 3 rings (SSSR count). The number of fused-ring (bicyclic) bond motifs is 1. The Kier molecular flexibility index (Phi) is 3.24. The summed E-state index contributed by atoms with van der Waals surface area (Å²) in [5, 5.41) is 3.89. The average molecular weight is 264 g/mol. The molecular formula is C15H12N4O. The monoisotopic (exact) mass is 264 g/mol. The van der Waals surface area contributed by atoms with Crippen LogP contribution in [-0.4, -0.2) is 22.1 Å². The van der Waals surface area contributed by atoms with Crippen molar-refractivity contribution in [1.82, 2.24) is 15.4 Å². The van der Waals surface area contributed by atoms with E-state index in [4.69, 9.17) is 0 Å². The van der Waals surface area contributed by atoms with Crippen LogP contribution in [0.5, 0.6) is 0 Å². The van der Waals surface area contributed by atoms with Gasteiger partial charge in [0.25, 0.3) is 5.91 Å². The van der Waals surface area contributed by atoms with Crippen LogP contribution >= 0.6 is 0 Å². The van der Waals surface area contributed by atoms with Crippen molar-refractivity contribution in [2.75, 3.05) is 0 Å². The van der Waals surface area contributed by atoms with Gasteiger partial charge in [0.2, 0.25) is 0 Å². The maximum atomic E-state index is 11.8. The van der Waals surface area contributed by atoms with E-state index in [1.807, 2.05) is 30.3 Å². The Bertz CT molecular complexity index is 729. The Morgan fingerprint density at radius 2 is 1.85 bits per heavy atom. The van der Waals surface area contributed by atoms with Crippen LogP contribution < -0.4 is 5.43 Å². The van der Waals surface area contributed by atoms with Gasteiger partial charge in [-0.05, 0) is 24.3 Å². The highest BCUT2D eigenvalue weighted by molar-refractivity contribution is 5.94. The lowest BCUT2D eigenvalue weighted by Crippen LogP contribution is -2.17. The lowest BCUT2D eigenvalue weighted by molar-refractivity contribution is 0.0955. The molecule has 0 unspecified atom stereocenters. The lowest BCUT2D eigenvalue weighted by atomic mass is 10.2. The Morgan fingerprint density at radius 1 is 1.10 bits per heavy atom. The van der Waals surface area contributed by atoms with Crippen molar-refractivity contribution in [2.45, 2.75) is 0 Å². The van der Waals surface area contributed by atoms with Gasteiger partial charge in [0.15, 0.2) is 5.82 Å². The fourth-order valence-corrected chi connectivity index (χ4v) is 1.84. The molecular weight excluding hydrogens is 252 g/mol. The molecule has 2 N–H and O–H groups in total. The Labute approximate surface area is 115 Å². The number of imidazole rings is 1. The van der Waals surface area contributed by atoms with E-state index in [0.29, 0.717) is 11.4 Å². The van der Waals surface area contributed by atoms with Gasteiger partial charge in [-0.25, -0.2) is 10.4 Å². The second kappa shape index (κ2) is 5.36. The van der Waals surface area contributed by atoms with Crippen LogP contribution in [0.4, 0.5) is 0 Å². The van der Waals surface area contributed by atoms with Gasteiger partial charge >= 0.3 is 0 Å². The number of carbonyl (C=O) groups excluding carboxylic acids is 1. The summed E-state index contributed by atoms with van der Waals surface area (Å²) in [6.45, 7) is 0. The molecule has 2 aromatic carbocycles. The lowest BCUT2D eigenvalue weighted by Gasteiger charge is -1.97. The zero-order valence-electron chi connectivity index (χ0n) is 10.6. The van der Waals surface area contributed by atoms with Crippen molar-refractivity contribution in [1.29, 1.82) is 0 Å². The van der Waals surface area contributed by atoms with Crippen LogP contribution in [0.2, 0.25) is 0 Å². The molecule has 0 fully saturated rings. The van der Waals surface area contributed by atoms with E-state index >= 15 is 0 Å².